The lowest BCUT2D eigenvalue weighted by Crippen LogP contribution is -2.31. The van der Waals surface area contributed by atoms with Crippen LogP contribution in [0.5, 0.6) is 0 Å². The Kier molecular flexibility index (Phi) is 5.14. The molecule has 1 aromatic carbocycles. The van der Waals surface area contributed by atoms with Crippen LogP contribution in [0.4, 0.5) is 4.39 Å². The summed E-state index contributed by atoms with van der Waals surface area (Å²) in [7, 11) is 0. The molecule has 0 atom stereocenters. The third-order valence-corrected chi connectivity index (χ3v) is 3.93. The normalized spacial score (nSPS) is 10.4. The molecule has 0 aliphatic rings. The van der Waals surface area contributed by atoms with E-state index in [4.69, 9.17) is 9.26 Å². The molecule has 0 fully saturated rings. The predicted octanol–water partition coefficient (Wildman–Crippen LogP) is 2.41. The molecule has 0 saturated heterocycles. The molecule has 7 nitrogen and oxygen atoms in total. The standard InChI is InChI=1S/C16H12FN3O4S/c17-11-5-2-1-4-10(11)15(22)18-8-14(21)23-9-13-19-16(24-20-13)12-6-3-7-25-12/h1-7H,8-9H2,(H,18,22). The fraction of sp³-hybridized carbons (Fsp3) is 0.125. The molecule has 2 heterocycles. The predicted molar refractivity (Wildman–Crippen MR) is 86.1 cm³/mol. The molecule has 0 radical (unpaired) electrons. The van der Waals surface area contributed by atoms with Crippen molar-refractivity contribution in [1.82, 2.24) is 15.5 Å². The second-order valence-electron chi connectivity index (χ2n) is 4.82. The van der Waals surface area contributed by atoms with Gasteiger partial charge < -0.3 is 14.6 Å². The molecule has 1 amide bonds. The summed E-state index contributed by atoms with van der Waals surface area (Å²) in [5, 5.41) is 7.86. The Morgan fingerprint density at radius 2 is 2.08 bits per heavy atom. The van der Waals surface area contributed by atoms with Gasteiger partial charge in [0.2, 0.25) is 5.82 Å². The SMILES string of the molecule is O=C(CNC(=O)c1ccccc1F)OCc1noc(-c2cccs2)n1. The van der Waals surface area contributed by atoms with Crippen LogP contribution in [0.2, 0.25) is 0 Å². The van der Waals surface area contributed by atoms with Crippen LogP contribution in [-0.2, 0) is 16.1 Å². The number of rotatable bonds is 6. The highest BCUT2D eigenvalue weighted by molar-refractivity contribution is 7.13. The molecule has 9 heteroatoms. The average Bonchev–Trinajstić information content (AvgIpc) is 3.29. The van der Waals surface area contributed by atoms with E-state index in [0.717, 1.165) is 10.9 Å². The molecular weight excluding hydrogens is 349 g/mol. The topological polar surface area (TPSA) is 94.3 Å². The minimum atomic E-state index is -0.702. The molecular formula is C16H12FN3O4S. The van der Waals surface area contributed by atoms with Gasteiger partial charge >= 0.3 is 5.97 Å². The van der Waals surface area contributed by atoms with E-state index in [1.165, 1.54) is 29.5 Å². The summed E-state index contributed by atoms with van der Waals surface area (Å²) in [6.07, 6.45) is 0. The van der Waals surface area contributed by atoms with E-state index in [0.29, 0.717) is 5.89 Å². The summed E-state index contributed by atoms with van der Waals surface area (Å²) in [5.41, 5.74) is -0.144. The van der Waals surface area contributed by atoms with Crippen LogP contribution in [0.1, 0.15) is 16.2 Å². The Hall–Kier alpha value is -3.07. The lowest BCUT2D eigenvalue weighted by Gasteiger charge is -2.05. The van der Waals surface area contributed by atoms with Crippen molar-refractivity contribution >= 4 is 23.2 Å². The summed E-state index contributed by atoms with van der Waals surface area (Å²) in [6, 6.07) is 9.15. The van der Waals surface area contributed by atoms with Gasteiger partial charge in [0, 0.05) is 0 Å². The summed E-state index contributed by atoms with van der Waals surface area (Å²) >= 11 is 1.44. The number of nitrogens with one attached hydrogen (secondary N) is 1. The van der Waals surface area contributed by atoms with E-state index in [1.54, 1.807) is 0 Å². The van der Waals surface area contributed by atoms with Gasteiger partial charge in [0.25, 0.3) is 11.8 Å². The lowest BCUT2D eigenvalue weighted by atomic mass is 10.2. The summed E-state index contributed by atoms with van der Waals surface area (Å²) in [6.45, 7) is -0.591. The van der Waals surface area contributed by atoms with Crippen LogP contribution in [0.25, 0.3) is 10.8 Å². The molecule has 0 aliphatic heterocycles. The van der Waals surface area contributed by atoms with Gasteiger partial charge in [-0.05, 0) is 23.6 Å². The molecule has 128 valence electrons. The van der Waals surface area contributed by atoms with Crippen molar-refractivity contribution in [2.24, 2.45) is 0 Å². The third kappa shape index (κ3) is 4.27. The number of carbonyl (C=O) groups is 2. The first-order valence-electron chi connectivity index (χ1n) is 7.18. The molecule has 0 saturated carbocycles. The first kappa shape index (κ1) is 16.8. The van der Waals surface area contributed by atoms with E-state index in [-0.39, 0.29) is 18.0 Å². The van der Waals surface area contributed by atoms with Gasteiger partial charge in [0.1, 0.15) is 12.4 Å². The minimum Gasteiger partial charge on any atom is -0.456 e. The highest BCUT2D eigenvalue weighted by Gasteiger charge is 2.14. The van der Waals surface area contributed by atoms with E-state index in [9.17, 15) is 14.0 Å². The van der Waals surface area contributed by atoms with Crippen LogP contribution in [0, 0.1) is 5.82 Å². The Bertz CT molecular complexity index is 879. The number of hydrogen-bond donors (Lipinski definition) is 1. The molecule has 25 heavy (non-hydrogen) atoms. The van der Waals surface area contributed by atoms with Crippen molar-refractivity contribution in [3.8, 4) is 10.8 Å². The first-order chi connectivity index (χ1) is 12.1. The number of carbonyl (C=O) groups excluding carboxylic acids is 2. The number of nitrogens with zero attached hydrogens (tertiary/aromatic N) is 2. The molecule has 0 aliphatic carbocycles. The second kappa shape index (κ2) is 7.67. The first-order valence-corrected chi connectivity index (χ1v) is 8.06. The zero-order valence-corrected chi connectivity index (χ0v) is 13.6. The number of benzene rings is 1. The fourth-order valence-corrected chi connectivity index (χ4v) is 2.55. The molecule has 3 aromatic rings. The number of halogens is 1. The van der Waals surface area contributed by atoms with Crippen LogP contribution in [-0.4, -0.2) is 28.6 Å². The monoisotopic (exact) mass is 361 g/mol. The fourth-order valence-electron chi connectivity index (χ4n) is 1.90. The van der Waals surface area contributed by atoms with E-state index in [2.05, 4.69) is 15.5 Å². The summed E-state index contributed by atoms with van der Waals surface area (Å²) in [5.74, 6) is -1.52. The largest absolute Gasteiger partial charge is 0.456 e. The van der Waals surface area contributed by atoms with Gasteiger partial charge in [-0.15, -0.1) is 11.3 Å². The average molecular weight is 361 g/mol. The number of amides is 1. The number of aromatic nitrogens is 2. The smallest absolute Gasteiger partial charge is 0.325 e. The van der Waals surface area contributed by atoms with Gasteiger partial charge in [-0.1, -0.05) is 23.4 Å². The second-order valence-corrected chi connectivity index (χ2v) is 5.76. The Labute approximate surface area is 145 Å². The van der Waals surface area contributed by atoms with Gasteiger partial charge in [0.05, 0.1) is 10.4 Å². The number of thiophene rings is 1. The molecule has 1 N–H and O–H groups in total. The molecule has 2 aromatic heterocycles. The van der Waals surface area contributed by atoms with Gasteiger partial charge in [-0.2, -0.15) is 4.98 Å². The van der Waals surface area contributed by atoms with Gasteiger partial charge in [-0.3, -0.25) is 9.59 Å². The maximum Gasteiger partial charge on any atom is 0.325 e. The highest BCUT2D eigenvalue weighted by Crippen LogP contribution is 2.22. The quantitative estimate of drug-likeness (QED) is 0.678. The van der Waals surface area contributed by atoms with Crippen molar-refractivity contribution in [3.05, 3.63) is 59.0 Å². The number of esters is 1. The van der Waals surface area contributed by atoms with Crippen LogP contribution in [0.3, 0.4) is 0 Å². The van der Waals surface area contributed by atoms with E-state index in [1.807, 2.05) is 17.5 Å². The molecule has 3 rings (SSSR count). The Balaban J connectivity index is 1.47. The van der Waals surface area contributed by atoms with Gasteiger partial charge in [-0.25, -0.2) is 4.39 Å². The number of hydrogen-bond acceptors (Lipinski definition) is 7. The van der Waals surface area contributed by atoms with Crippen molar-refractivity contribution in [1.29, 1.82) is 0 Å². The van der Waals surface area contributed by atoms with E-state index < -0.39 is 24.2 Å². The minimum absolute atomic E-state index is 0.144. The number of ether oxygens (including phenoxy) is 1. The van der Waals surface area contributed by atoms with E-state index >= 15 is 0 Å². The maximum absolute atomic E-state index is 13.4. The van der Waals surface area contributed by atoms with Crippen molar-refractivity contribution in [3.63, 3.8) is 0 Å². The Morgan fingerprint density at radius 1 is 1.24 bits per heavy atom. The van der Waals surface area contributed by atoms with Crippen molar-refractivity contribution < 1.29 is 23.2 Å². The third-order valence-electron chi connectivity index (χ3n) is 3.07. The summed E-state index contributed by atoms with van der Waals surface area (Å²) in [4.78, 5) is 28.3. The summed E-state index contributed by atoms with van der Waals surface area (Å²) < 4.78 is 23.5. The lowest BCUT2D eigenvalue weighted by molar-refractivity contribution is -0.143. The molecule has 0 bridgehead atoms. The zero-order valence-electron chi connectivity index (χ0n) is 12.8. The zero-order chi connectivity index (χ0) is 17.6. The molecule has 0 unspecified atom stereocenters. The maximum atomic E-state index is 13.4. The highest BCUT2D eigenvalue weighted by atomic mass is 32.1. The van der Waals surface area contributed by atoms with Crippen LogP contribution < -0.4 is 5.32 Å². The van der Waals surface area contributed by atoms with Gasteiger partial charge in [0.15, 0.2) is 6.61 Å². The molecule has 0 spiro atoms. The van der Waals surface area contributed by atoms with Crippen molar-refractivity contribution in [2.75, 3.05) is 6.54 Å². The van der Waals surface area contributed by atoms with Crippen molar-refractivity contribution in [2.45, 2.75) is 6.61 Å². The van der Waals surface area contributed by atoms with Crippen LogP contribution in [0.15, 0.2) is 46.3 Å². The Morgan fingerprint density at radius 3 is 2.84 bits per heavy atom. The van der Waals surface area contributed by atoms with Crippen LogP contribution >= 0.6 is 11.3 Å².